The van der Waals surface area contributed by atoms with E-state index < -0.39 is 18.4 Å². The lowest BCUT2D eigenvalue weighted by Crippen LogP contribution is -2.33. The third-order valence-electron chi connectivity index (χ3n) is 2.18. The summed E-state index contributed by atoms with van der Waals surface area (Å²) in [6.45, 7) is -0.423. The number of carbonyl (C=O) groups excluding carboxylic acids is 1. The molecule has 19 heavy (non-hydrogen) atoms. The number of thioether (sulfide) groups is 1. The van der Waals surface area contributed by atoms with Gasteiger partial charge in [0.1, 0.15) is 15.5 Å². The maximum atomic E-state index is 12.0. The molecule has 98 valence electrons. The number of carboxylic acids is 1. The summed E-state index contributed by atoms with van der Waals surface area (Å²) in [7, 11) is 0. The molecule has 1 aliphatic heterocycles. The van der Waals surface area contributed by atoms with Crippen molar-refractivity contribution in [2.24, 2.45) is 0 Å². The fraction of sp³-hybridized carbons (Fsp3) is 0.0909. The van der Waals surface area contributed by atoms with Crippen LogP contribution in [0.1, 0.15) is 5.69 Å². The molecule has 0 radical (unpaired) electrons. The highest BCUT2D eigenvalue weighted by Gasteiger charge is 2.33. The van der Waals surface area contributed by atoms with E-state index in [-0.39, 0.29) is 4.32 Å². The number of pyridine rings is 1. The van der Waals surface area contributed by atoms with Gasteiger partial charge in [-0.2, -0.15) is 0 Å². The standard InChI is InChI=1S/C11H7BrN2O3S2/c12-8-3-1-2-6(13-8)4-7-10(17)14(5-9(15)16)11(18)19-7/h1-4H,5H2,(H,15,16)/b7-4+. The zero-order chi connectivity index (χ0) is 14.0. The van der Waals surface area contributed by atoms with Gasteiger partial charge < -0.3 is 5.11 Å². The lowest BCUT2D eigenvalue weighted by atomic mass is 10.3. The second kappa shape index (κ2) is 5.81. The second-order valence-corrected chi connectivity index (χ2v) is 6.04. The summed E-state index contributed by atoms with van der Waals surface area (Å²) in [5.74, 6) is -1.50. The quantitative estimate of drug-likeness (QED) is 0.507. The van der Waals surface area contributed by atoms with Gasteiger partial charge in [0, 0.05) is 0 Å². The van der Waals surface area contributed by atoms with Gasteiger partial charge >= 0.3 is 5.97 Å². The smallest absolute Gasteiger partial charge is 0.323 e. The molecule has 0 unspecified atom stereocenters. The van der Waals surface area contributed by atoms with E-state index in [1.165, 1.54) is 0 Å². The van der Waals surface area contributed by atoms with Crippen molar-refractivity contribution >= 4 is 62.2 Å². The Bertz CT molecular complexity index is 603. The van der Waals surface area contributed by atoms with Gasteiger partial charge in [-0.15, -0.1) is 0 Å². The minimum absolute atomic E-state index is 0.244. The van der Waals surface area contributed by atoms with Gasteiger partial charge in [-0.25, -0.2) is 4.98 Å². The molecule has 0 aromatic carbocycles. The molecule has 0 aliphatic carbocycles. The molecule has 0 spiro atoms. The number of aliphatic carboxylic acids is 1. The van der Waals surface area contributed by atoms with E-state index in [1.807, 2.05) is 0 Å². The van der Waals surface area contributed by atoms with Crippen LogP contribution in [0.3, 0.4) is 0 Å². The molecule has 1 saturated heterocycles. The molecule has 1 fully saturated rings. The Morgan fingerprint density at radius 1 is 1.58 bits per heavy atom. The predicted molar refractivity (Wildman–Crippen MR) is 79.5 cm³/mol. The van der Waals surface area contributed by atoms with Gasteiger partial charge in [-0.3, -0.25) is 14.5 Å². The highest BCUT2D eigenvalue weighted by atomic mass is 79.9. The van der Waals surface area contributed by atoms with Crippen LogP contribution >= 0.6 is 39.9 Å². The molecule has 0 saturated carbocycles. The molecule has 8 heteroatoms. The van der Waals surface area contributed by atoms with Crippen molar-refractivity contribution in [1.82, 2.24) is 9.88 Å². The van der Waals surface area contributed by atoms with E-state index in [0.29, 0.717) is 15.2 Å². The van der Waals surface area contributed by atoms with Crippen LogP contribution in [-0.2, 0) is 9.59 Å². The van der Waals surface area contributed by atoms with E-state index in [2.05, 4.69) is 20.9 Å². The number of carboxylic acid groups (broad SMARTS) is 1. The Hall–Kier alpha value is -1.25. The lowest BCUT2D eigenvalue weighted by molar-refractivity contribution is -0.140. The number of aromatic nitrogens is 1. The molecular weight excluding hydrogens is 352 g/mol. The Balaban J connectivity index is 2.25. The molecule has 1 aliphatic rings. The summed E-state index contributed by atoms with van der Waals surface area (Å²) in [5.41, 5.74) is 0.602. The molecular formula is C11H7BrN2O3S2. The normalized spacial score (nSPS) is 17.3. The molecule has 0 bridgehead atoms. The highest BCUT2D eigenvalue weighted by molar-refractivity contribution is 9.10. The van der Waals surface area contributed by atoms with Crippen molar-refractivity contribution in [2.75, 3.05) is 6.54 Å². The molecule has 5 nitrogen and oxygen atoms in total. The topological polar surface area (TPSA) is 70.5 Å². The summed E-state index contributed by atoms with van der Waals surface area (Å²) in [6, 6.07) is 5.31. The highest BCUT2D eigenvalue weighted by Crippen LogP contribution is 2.32. The maximum Gasteiger partial charge on any atom is 0.323 e. The van der Waals surface area contributed by atoms with E-state index in [4.69, 9.17) is 17.3 Å². The van der Waals surface area contributed by atoms with Crippen LogP contribution in [0.25, 0.3) is 6.08 Å². The van der Waals surface area contributed by atoms with E-state index in [0.717, 1.165) is 16.7 Å². The van der Waals surface area contributed by atoms with Crippen LogP contribution in [0.15, 0.2) is 27.7 Å². The van der Waals surface area contributed by atoms with Crippen molar-refractivity contribution in [1.29, 1.82) is 0 Å². The van der Waals surface area contributed by atoms with Gasteiger partial charge in [-0.05, 0) is 34.1 Å². The average molecular weight is 359 g/mol. The summed E-state index contributed by atoms with van der Waals surface area (Å²) in [4.78, 5) is 28.3. The number of hydrogen-bond acceptors (Lipinski definition) is 5. The first-order valence-corrected chi connectivity index (χ1v) is 7.09. The first-order chi connectivity index (χ1) is 8.97. The molecule has 2 rings (SSSR count). The van der Waals surface area contributed by atoms with E-state index in [1.54, 1.807) is 24.3 Å². The van der Waals surface area contributed by atoms with Crippen molar-refractivity contribution in [3.05, 3.63) is 33.4 Å². The van der Waals surface area contributed by atoms with Crippen LogP contribution in [0.2, 0.25) is 0 Å². The van der Waals surface area contributed by atoms with Crippen LogP contribution in [-0.4, -0.2) is 37.7 Å². The largest absolute Gasteiger partial charge is 0.480 e. The SMILES string of the molecule is O=C(O)CN1C(=O)/C(=C\c2cccc(Br)n2)SC1=S. The molecule has 1 aromatic heterocycles. The zero-order valence-electron chi connectivity index (χ0n) is 9.37. The minimum atomic E-state index is -1.10. The van der Waals surface area contributed by atoms with Crippen molar-refractivity contribution in [3.63, 3.8) is 0 Å². The third kappa shape index (κ3) is 3.40. The number of thiocarbonyl (C=S) groups is 1. The minimum Gasteiger partial charge on any atom is -0.480 e. The molecule has 1 N–H and O–H groups in total. The van der Waals surface area contributed by atoms with Gasteiger partial charge in [0.25, 0.3) is 5.91 Å². The molecule has 0 atom stereocenters. The summed E-state index contributed by atoms with van der Waals surface area (Å²) in [5, 5.41) is 8.72. The number of carbonyl (C=O) groups is 2. The maximum absolute atomic E-state index is 12.0. The third-order valence-corrected chi connectivity index (χ3v) is 4.00. The number of halogens is 1. The van der Waals surface area contributed by atoms with Crippen LogP contribution < -0.4 is 0 Å². The van der Waals surface area contributed by atoms with E-state index >= 15 is 0 Å². The Morgan fingerprint density at radius 3 is 2.95 bits per heavy atom. The fourth-order valence-electron chi connectivity index (χ4n) is 1.41. The fourth-order valence-corrected chi connectivity index (χ4v) is 3.01. The van der Waals surface area contributed by atoms with Crippen LogP contribution in [0.4, 0.5) is 0 Å². The van der Waals surface area contributed by atoms with Crippen molar-refractivity contribution < 1.29 is 14.7 Å². The van der Waals surface area contributed by atoms with Gasteiger partial charge in [-0.1, -0.05) is 30.0 Å². The molecule has 1 aromatic rings. The first kappa shape index (κ1) is 14.2. The number of hydrogen-bond donors (Lipinski definition) is 1. The average Bonchev–Trinajstić information content (AvgIpc) is 2.57. The van der Waals surface area contributed by atoms with Crippen molar-refractivity contribution in [3.8, 4) is 0 Å². The summed E-state index contributed by atoms with van der Waals surface area (Å²) < 4.78 is 0.899. The van der Waals surface area contributed by atoms with Crippen molar-refractivity contribution in [2.45, 2.75) is 0 Å². The monoisotopic (exact) mass is 358 g/mol. The summed E-state index contributed by atoms with van der Waals surface area (Å²) in [6.07, 6.45) is 1.59. The Kier molecular flexibility index (Phi) is 4.33. The first-order valence-electron chi connectivity index (χ1n) is 5.07. The number of amides is 1. The zero-order valence-corrected chi connectivity index (χ0v) is 12.6. The lowest BCUT2D eigenvalue weighted by Gasteiger charge is -2.10. The van der Waals surface area contributed by atoms with Crippen LogP contribution in [0, 0.1) is 0 Å². The molecule has 1 amide bonds. The van der Waals surface area contributed by atoms with E-state index in [9.17, 15) is 9.59 Å². The second-order valence-electron chi connectivity index (χ2n) is 3.55. The Morgan fingerprint density at radius 2 is 2.32 bits per heavy atom. The Labute approximate surface area is 126 Å². The number of nitrogens with zero attached hydrogens (tertiary/aromatic N) is 2. The predicted octanol–water partition coefficient (Wildman–Crippen LogP) is 2.13. The van der Waals surface area contributed by atoms with Gasteiger partial charge in [0.15, 0.2) is 0 Å². The van der Waals surface area contributed by atoms with Crippen LogP contribution in [0.5, 0.6) is 0 Å². The molecule has 2 heterocycles. The number of rotatable bonds is 3. The summed E-state index contributed by atoms with van der Waals surface area (Å²) >= 11 is 9.30. The van der Waals surface area contributed by atoms with Gasteiger partial charge in [0.05, 0.1) is 10.6 Å². The van der Waals surface area contributed by atoms with Gasteiger partial charge in [0.2, 0.25) is 0 Å².